The second kappa shape index (κ2) is 6.58. The van der Waals surface area contributed by atoms with Crippen molar-refractivity contribution in [2.45, 2.75) is 59.3 Å². The van der Waals surface area contributed by atoms with E-state index in [0.29, 0.717) is 18.1 Å². The van der Waals surface area contributed by atoms with E-state index in [2.05, 4.69) is 39.0 Å². The molecule has 0 aromatic heterocycles. The summed E-state index contributed by atoms with van der Waals surface area (Å²) in [5.74, 6) is 0.916. The zero-order valence-electron chi connectivity index (χ0n) is 11.5. The summed E-state index contributed by atoms with van der Waals surface area (Å²) in [6, 6.07) is 6.64. The molecular formula is C16H24O. The maximum atomic E-state index is 11.4. The van der Waals surface area contributed by atoms with Gasteiger partial charge in [0.1, 0.15) is 5.78 Å². The lowest BCUT2D eigenvalue weighted by atomic mass is 9.87. The van der Waals surface area contributed by atoms with Gasteiger partial charge < -0.3 is 0 Å². The lowest BCUT2D eigenvalue weighted by Crippen LogP contribution is -2.04. The van der Waals surface area contributed by atoms with Crippen LogP contribution >= 0.6 is 0 Å². The molecule has 0 radical (unpaired) electrons. The number of ketones is 1. The van der Waals surface area contributed by atoms with Crippen LogP contribution in [0.1, 0.15) is 62.1 Å². The van der Waals surface area contributed by atoms with Crippen LogP contribution in [0.3, 0.4) is 0 Å². The van der Waals surface area contributed by atoms with Gasteiger partial charge in [0.2, 0.25) is 0 Å². The van der Waals surface area contributed by atoms with E-state index in [9.17, 15) is 4.79 Å². The van der Waals surface area contributed by atoms with Gasteiger partial charge in [-0.25, -0.2) is 0 Å². The first-order chi connectivity index (χ1) is 8.08. The number of carbonyl (C=O) groups excluding carboxylic acids is 1. The molecule has 94 valence electrons. The summed E-state index contributed by atoms with van der Waals surface area (Å²) in [6.07, 6.45) is 3.50. The molecule has 1 atom stereocenters. The molecule has 1 unspecified atom stereocenters. The Morgan fingerprint density at radius 1 is 1.24 bits per heavy atom. The molecule has 0 N–H and O–H groups in total. The first-order valence-corrected chi connectivity index (χ1v) is 6.67. The standard InChI is InChI=1S/C16H24O/c1-5-14(8-9-15(17)6-2)16-10-7-12(3)11-13(16)4/h7,10-11,14H,5-6,8-9H2,1-4H3. The Bertz CT molecular complexity index is 379. The lowest BCUT2D eigenvalue weighted by molar-refractivity contribution is -0.118. The molecule has 17 heavy (non-hydrogen) atoms. The molecule has 0 spiro atoms. The highest BCUT2D eigenvalue weighted by Crippen LogP contribution is 2.28. The summed E-state index contributed by atoms with van der Waals surface area (Å²) in [7, 11) is 0. The lowest BCUT2D eigenvalue weighted by Gasteiger charge is -2.17. The van der Waals surface area contributed by atoms with Gasteiger partial charge in [-0.1, -0.05) is 37.6 Å². The summed E-state index contributed by atoms with van der Waals surface area (Å²) < 4.78 is 0. The van der Waals surface area contributed by atoms with Gasteiger partial charge in [0, 0.05) is 12.8 Å². The van der Waals surface area contributed by atoms with Crippen molar-refractivity contribution in [2.24, 2.45) is 0 Å². The third-order valence-corrected chi connectivity index (χ3v) is 3.52. The SMILES string of the molecule is CCC(=O)CCC(CC)c1ccc(C)cc1C. The molecule has 1 heteroatoms. The predicted molar refractivity (Wildman–Crippen MR) is 73.5 cm³/mol. The molecule has 1 nitrogen and oxygen atoms in total. The van der Waals surface area contributed by atoms with Gasteiger partial charge in [-0.05, 0) is 43.7 Å². The van der Waals surface area contributed by atoms with E-state index in [1.807, 2.05) is 6.92 Å². The molecule has 1 aromatic rings. The zero-order valence-corrected chi connectivity index (χ0v) is 11.5. The van der Waals surface area contributed by atoms with Gasteiger partial charge in [-0.3, -0.25) is 4.79 Å². The number of hydrogen-bond donors (Lipinski definition) is 0. The molecule has 1 aromatic carbocycles. The Labute approximate surface area is 105 Å². The molecule has 1 rings (SSSR count). The fourth-order valence-corrected chi connectivity index (χ4v) is 2.38. The third-order valence-electron chi connectivity index (χ3n) is 3.52. The Morgan fingerprint density at radius 2 is 1.94 bits per heavy atom. The van der Waals surface area contributed by atoms with Crippen LogP contribution in [-0.4, -0.2) is 5.78 Å². The monoisotopic (exact) mass is 232 g/mol. The first kappa shape index (κ1) is 14.0. The maximum Gasteiger partial charge on any atom is 0.132 e. The van der Waals surface area contributed by atoms with Crippen LogP contribution in [0.15, 0.2) is 18.2 Å². The van der Waals surface area contributed by atoms with Crippen LogP contribution in [0.25, 0.3) is 0 Å². The van der Waals surface area contributed by atoms with E-state index in [0.717, 1.165) is 19.3 Å². The van der Waals surface area contributed by atoms with Crippen LogP contribution in [0.5, 0.6) is 0 Å². The average molecular weight is 232 g/mol. The number of Topliss-reactive ketones (excluding diaryl/α,β-unsaturated/α-hetero) is 1. The highest BCUT2D eigenvalue weighted by atomic mass is 16.1. The molecule has 0 aliphatic rings. The van der Waals surface area contributed by atoms with Crippen molar-refractivity contribution >= 4 is 5.78 Å². The Morgan fingerprint density at radius 3 is 2.47 bits per heavy atom. The summed E-state index contributed by atoms with van der Waals surface area (Å²) in [6.45, 7) is 8.45. The summed E-state index contributed by atoms with van der Waals surface area (Å²) >= 11 is 0. The van der Waals surface area contributed by atoms with E-state index in [1.54, 1.807) is 0 Å². The van der Waals surface area contributed by atoms with Crippen molar-refractivity contribution < 1.29 is 4.79 Å². The van der Waals surface area contributed by atoms with Crippen LogP contribution in [0, 0.1) is 13.8 Å². The molecular weight excluding hydrogens is 208 g/mol. The molecule has 0 fully saturated rings. The van der Waals surface area contributed by atoms with Crippen molar-refractivity contribution in [1.82, 2.24) is 0 Å². The molecule has 0 aliphatic heterocycles. The smallest absolute Gasteiger partial charge is 0.132 e. The third kappa shape index (κ3) is 3.99. The molecule has 0 amide bonds. The molecule has 0 saturated heterocycles. The van der Waals surface area contributed by atoms with Gasteiger partial charge in [0.05, 0.1) is 0 Å². The van der Waals surface area contributed by atoms with Crippen LogP contribution in [0.4, 0.5) is 0 Å². The summed E-state index contributed by atoms with van der Waals surface area (Å²) in [4.78, 5) is 11.4. The Kier molecular flexibility index (Phi) is 5.40. The second-order valence-electron chi connectivity index (χ2n) is 4.90. The largest absolute Gasteiger partial charge is 0.300 e. The maximum absolute atomic E-state index is 11.4. The van der Waals surface area contributed by atoms with E-state index in [4.69, 9.17) is 0 Å². The number of hydrogen-bond acceptors (Lipinski definition) is 1. The van der Waals surface area contributed by atoms with Crippen LogP contribution in [0.2, 0.25) is 0 Å². The van der Waals surface area contributed by atoms with Gasteiger partial charge in [-0.15, -0.1) is 0 Å². The number of rotatable bonds is 6. The van der Waals surface area contributed by atoms with Gasteiger partial charge in [0.15, 0.2) is 0 Å². The van der Waals surface area contributed by atoms with Gasteiger partial charge in [0.25, 0.3) is 0 Å². The molecule has 0 aliphatic carbocycles. The zero-order chi connectivity index (χ0) is 12.8. The molecule has 0 saturated carbocycles. The normalized spacial score (nSPS) is 12.5. The number of carbonyl (C=O) groups is 1. The summed E-state index contributed by atoms with van der Waals surface area (Å²) in [5, 5.41) is 0. The second-order valence-corrected chi connectivity index (χ2v) is 4.90. The van der Waals surface area contributed by atoms with Crippen molar-refractivity contribution in [3.8, 4) is 0 Å². The van der Waals surface area contributed by atoms with Gasteiger partial charge in [-0.2, -0.15) is 0 Å². The summed E-state index contributed by atoms with van der Waals surface area (Å²) in [5.41, 5.74) is 4.09. The fourth-order valence-electron chi connectivity index (χ4n) is 2.38. The number of aryl methyl sites for hydroxylation is 2. The first-order valence-electron chi connectivity index (χ1n) is 6.67. The van der Waals surface area contributed by atoms with E-state index in [-0.39, 0.29) is 0 Å². The minimum Gasteiger partial charge on any atom is -0.300 e. The predicted octanol–water partition coefficient (Wildman–Crippen LogP) is 4.56. The molecule has 0 heterocycles. The number of benzene rings is 1. The Balaban J connectivity index is 2.75. The quantitative estimate of drug-likeness (QED) is 0.703. The van der Waals surface area contributed by atoms with Crippen molar-refractivity contribution in [1.29, 1.82) is 0 Å². The minimum atomic E-state index is 0.383. The highest BCUT2D eigenvalue weighted by molar-refractivity contribution is 5.78. The highest BCUT2D eigenvalue weighted by Gasteiger charge is 2.13. The van der Waals surface area contributed by atoms with Crippen molar-refractivity contribution in [3.63, 3.8) is 0 Å². The van der Waals surface area contributed by atoms with Crippen LogP contribution < -0.4 is 0 Å². The van der Waals surface area contributed by atoms with Crippen molar-refractivity contribution in [2.75, 3.05) is 0 Å². The van der Waals surface area contributed by atoms with Gasteiger partial charge >= 0.3 is 0 Å². The van der Waals surface area contributed by atoms with Crippen molar-refractivity contribution in [3.05, 3.63) is 34.9 Å². The van der Waals surface area contributed by atoms with E-state index in [1.165, 1.54) is 16.7 Å². The topological polar surface area (TPSA) is 17.1 Å². The fraction of sp³-hybridized carbons (Fsp3) is 0.562. The average Bonchev–Trinajstić information content (AvgIpc) is 2.31. The van der Waals surface area contributed by atoms with Crippen LogP contribution in [-0.2, 0) is 4.79 Å². The minimum absolute atomic E-state index is 0.383. The van der Waals surface area contributed by atoms with E-state index >= 15 is 0 Å². The molecule has 0 bridgehead atoms. The Hall–Kier alpha value is -1.11. The van der Waals surface area contributed by atoms with E-state index < -0.39 is 0 Å².